The average molecular weight is 372 g/mol. The van der Waals surface area contributed by atoms with E-state index < -0.39 is 6.03 Å². The summed E-state index contributed by atoms with van der Waals surface area (Å²) >= 11 is 0. The van der Waals surface area contributed by atoms with E-state index in [9.17, 15) is 14.4 Å². The maximum Gasteiger partial charge on any atom is 0.312 e. The van der Waals surface area contributed by atoms with Crippen molar-refractivity contribution < 1.29 is 14.4 Å². The minimum Gasteiger partial charge on any atom is -0.361 e. The number of nitrogens with one attached hydrogen (secondary N) is 3. The molecular weight excluding hydrogens is 344 g/mol. The number of aromatic amines is 1. The Morgan fingerprint density at radius 1 is 1.22 bits per heavy atom. The second-order valence-electron chi connectivity index (χ2n) is 6.82. The predicted molar refractivity (Wildman–Crippen MR) is 105 cm³/mol. The molecule has 0 saturated carbocycles. The number of rotatable bonds is 11. The van der Waals surface area contributed by atoms with E-state index in [1.165, 1.54) is 6.92 Å². The van der Waals surface area contributed by atoms with Gasteiger partial charge < -0.3 is 21.4 Å². The summed E-state index contributed by atoms with van der Waals surface area (Å²) in [7, 11) is 1.76. The SMILES string of the molecule is CN[C@H](Cc1c[nH]c2ccccc12)C(=O)C[C@H](CCCNC(N)=O)C(C)=O. The quantitative estimate of drug-likeness (QED) is 0.451. The van der Waals surface area contributed by atoms with Crippen molar-refractivity contribution in [3.63, 3.8) is 0 Å². The van der Waals surface area contributed by atoms with Crippen LogP contribution >= 0.6 is 0 Å². The number of fused-ring (bicyclic) bond motifs is 1. The van der Waals surface area contributed by atoms with Crippen LogP contribution in [0.5, 0.6) is 0 Å². The molecule has 0 aliphatic rings. The summed E-state index contributed by atoms with van der Waals surface area (Å²) in [5.74, 6) is -0.332. The highest BCUT2D eigenvalue weighted by Crippen LogP contribution is 2.21. The van der Waals surface area contributed by atoms with Crippen LogP contribution in [0.15, 0.2) is 30.5 Å². The molecule has 2 amide bonds. The predicted octanol–water partition coefficient (Wildman–Crippen LogP) is 1.91. The molecule has 0 aliphatic carbocycles. The minimum absolute atomic E-state index is 0.00984. The van der Waals surface area contributed by atoms with Gasteiger partial charge in [0.1, 0.15) is 5.78 Å². The number of Topliss-reactive ketones (excluding diaryl/α,β-unsaturated/α-hetero) is 2. The zero-order valence-corrected chi connectivity index (χ0v) is 15.9. The molecule has 1 aromatic carbocycles. The number of benzene rings is 1. The fourth-order valence-electron chi connectivity index (χ4n) is 3.29. The van der Waals surface area contributed by atoms with Crippen LogP contribution < -0.4 is 16.4 Å². The van der Waals surface area contributed by atoms with Gasteiger partial charge in [-0.15, -0.1) is 0 Å². The lowest BCUT2D eigenvalue weighted by molar-refractivity contribution is -0.128. The summed E-state index contributed by atoms with van der Waals surface area (Å²) in [4.78, 5) is 38.6. The Bertz CT molecular complexity index is 799. The highest BCUT2D eigenvalue weighted by Gasteiger charge is 2.24. The molecule has 1 heterocycles. The number of para-hydroxylation sites is 1. The van der Waals surface area contributed by atoms with Gasteiger partial charge in [0, 0.05) is 36.0 Å². The first-order valence-corrected chi connectivity index (χ1v) is 9.21. The van der Waals surface area contributed by atoms with Gasteiger partial charge in [0.25, 0.3) is 0 Å². The van der Waals surface area contributed by atoms with Gasteiger partial charge in [0.15, 0.2) is 5.78 Å². The molecule has 0 bridgehead atoms. The molecule has 7 nitrogen and oxygen atoms in total. The van der Waals surface area contributed by atoms with Crippen LogP contribution in [0.25, 0.3) is 10.9 Å². The Balaban J connectivity index is 1.97. The minimum atomic E-state index is -0.584. The lowest BCUT2D eigenvalue weighted by atomic mass is 9.89. The van der Waals surface area contributed by atoms with E-state index in [2.05, 4.69) is 15.6 Å². The Hall–Kier alpha value is -2.67. The van der Waals surface area contributed by atoms with E-state index in [0.717, 1.165) is 16.5 Å². The lowest BCUT2D eigenvalue weighted by Crippen LogP contribution is -2.38. The number of hydrogen-bond donors (Lipinski definition) is 4. The number of urea groups is 1. The number of aromatic nitrogens is 1. The van der Waals surface area contributed by atoms with E-state index >= 15 is 0 Å². The molecule has 1 aromatic heterocycles. The number of nitrogens with two attached hydrogens (primary N) is 1. The smallest absolute Gasteiger partial charge is 0.312 e. The second-order valence-corrected chi connectivity index (χ2v) is 6.82. The van der Waals surface area contributed by atoms with Crippen molar-refractivity contribution in [1.29, 1.82) is 0 Å². The Morgan fingerprint density at radius 3 is 2.63 bits per heavy atom. The molecule has 0 radical (unpaired) electrons. The number of amides is 2. The molecule has 0 unspecified atom stereocenters. The topological polar surface area (TPSA) is 117 Å². The summed E-state index contributed by atoms with van der Waals surface area (Å²) in [5, 5.41) is 6.69. The Morgan fingerprint density at radius 2 is 1.96 bits per heavy atom. The van der Waals surface area contributed by atoms with Crippen LogP contribution in [0.3, 0.4) is 0 Å². The third-order valence-electron chi connectivity index (χ3n) is 4.89. The van der Waals surface area contributed by atoms with Crippen molar-refractivity contribution >= 4 is 28.5 Å². The summed E-state index contributed by atoms with van der Waals surface area (Å²) in [6.45, 7) is 1.91. The lowest BCUT2D eigenvalue weighted by Gasteiger charge is -2.19. The summed E-state index contributed by atoms with van der Waals surface area (Å²) in [6, 6.07) is 7.04. The molecule has 5 N–H and O–H groups in total. The van der Waals surface area contributed by atoms with Gasteiger partial charge in [-0.1, -0.05) is 18.2 Å². The van der Waals surface area contributed by atoms with Gasteiger partial charge in [-0.05, 0) is 44.9 Å². The van der Waals surface area contributed by atoms with Crippen LogP contribution in [0.2, 0.25) is 0 Å². The first kappa shape index (κ1) is 20.6. The Kier molecular flexibility index (Phi) is 7.55. The van der Waals surface area contributed by atoms with Crippen LogP contribution in [0.1, 0.15) is 31.7 Å². The largest absolute Gasteiger partial charge is 0.361 e. The standard InChI is InChI=1S/C20H28N4O3/c1-13(25)14(6-5-9-23-20(21)27)11-19(26)18(22-2)10-15-12-24-17-8-4-3-7-16(15)17/h3-4,7-8,12,14,18,22,24H,5-6,9-11H2,1-2H3,(H3,21,23,27)/t14-,18+/m0/s1. The zero-order chi connectivity index (χ0) is 19.8. The normalized spacial score (nSPS) is 13.3. The fourth-order valence-corrected chi connectivity index (χ4v) is 3.29. The number of likely N-dealkylation sites (N-methyl/N-ethyl adjacent to an activating group) is 1. The monoisotopic (exact) mass is 372 g/mol. The first-order chi connectivity index (χ1) is 12.9. The van der Waals surface area contributed by atoms with E-state index in [4.69, 9.17) is 5.73 Å². The highest BCUT2D eigenvalue weighted by atomic mass is 16.2. The van der Waals surface area contributed by atoms with E-state index in [-0.39, 0.29) is 29.9 Å². The van der Waals surface area contributed by atoms with Crippen LogP contribution in [-0.4, -0.2) is 42.2 Å². The fraction of sp³-hybridized carbons (Fsp3) is 0.450. The van der Waals surface area contributed by atoms with Gasteiger partial charge in [0.2, 0.25) is 0 Å². The van der Waals surface area contributed by atoms with Gasteiger partial charge >= 0.3 is 6.03 Å². The molecule has 0 fully saturated rings. The molecular formula is C20H28N4O3. The molecule has 0 saturated heterocycles. The number of ketones is 2. The van der Waals surface area contributed by atoms with Crippen molar-refractivity contribution in [1.82, 2.24) is 15.6 Å². The molecule has 2 atom stereocenters. The molecule has 2 rings (SSSR count). The Labute approximate surface area is 159 Å². The van der Waals surface area contributed by atoms with Crippen molar-refractivity contribution in [2.75, 3.05) is 13.6 Å². The molecule has 27 heavy (non-hydrogen) atoms. The first-order valence-electron chi connectivity index (χ1n) is 9.21. The summed E-state index contributed by atoms with van der Waals surface area (Å²) in [6.07, 6.45) is 3.84. The molecule has 0 spiro atoms. The van der Waals surface area contributed by atoms with Crippen LogP contribution in [0, 0.1) is 5.92 Å². The van der Waals surface area contributed by atoms with Crippen molar-refractivity contribution in [3.05, 3.63) is 36.0 Å². The van der Waals surface area contributed by atoms with E-state index in [0.29, 0.717) is 25.8 Å². The number of carbonyl (C=O) groups excluding carboxylic acids is 3. The van der Waals surface area contributed by atoms with Crippen LogP contribution in [-0.2, 0) is 16.0 Å². The summed E-state index contributed by atoms with van der Waals surface area (Å²) < 4.78 is 0. The third-order valence-corrected chi connectivity index (χ3v) is 4.89. The van der Waals surface area contributed by atoms with E-state index in [1.807, 2.05) is 30.5 Å². The van der Waals surface area contributed by atoms with Crippen molar-refractivity contribution in [2.24, 2.45) is 11.7 Å². The molecule has 0 aliphatic heterocycles. The second kappa shape index (κ2) is 9.87. The van der Waals surface area contributed by atoms with Gasteiger partial charge in [0.05, 0.1) is 6.04 Å². The number of carbonyl (C=O) groups is 3. The molecule has 7 heteroatoms. The highest BCUT2D eigenvalue weighted by molar-refractivity contribution is 5.91. The maximum absolute atomic E-state index is 12.8. The van der Waals surface area contributed by atoms with Crippen LogP contribution in [0.4, 0.5) is 4.79 Å². The van der Waals surface area contributed by atoms with Gasteiger partial charge in [-0.25, -0.2) is 4.79 Å². The number of hydrogen-bond acceptors (Lipinski definition) is 4. The van der Waals surface area contributed by atoms with Crippen molar-refractivity contribution in [2.45, 2.75) is 38.6 Å². The average Bonchev–Trinajstić information content (AvgIpc) is 3.04. The third kappa shape index (κ3) is 5.92. The zero-order valence-electron chi connectivity index (χ0n) is 15.9. The molecule has 2 aromatic rings. The molecule has 146 valence electrons. The number of H-pyrrole nitrogens is 1. The number of primary amides is 1. The van der Waals surface area contributed by atoms with Gasteiger partial charge in [-0.3, -0.25) is 9.59 Å². The van der Waals surface area contributed by atoms with Crippen molar-refractivity contribution in [3.8, 4) is 0 Å². The van der Waals surface area contributed by atoms with E-state index in [1.54, 1.807) is 7.05 Å². The maximum atomic E-state index is 12.8. The van der Waals surface area contributed by atoms with Gasteiger partial charge in [-0.2, -0.15) is 0 Å². The summed E-state index contributed by atoms with van der Waals surface area (Å²) in [5.41, 5.74) is 7.14.